The third kappa shape index (κ3) is 8.66. The number of hydrogen-bond donors (Lipinski definition) is 4. The van der Waals surface area contributed by atoms with Crippen molar-refractivity contribution in [2.75, 3.05) is 0 Å². The molecule has 2 amide bonds. The number of nitrogens with one attached hydrogen (secondary N) is 2. The summed E-state index contributed by atoms with van der Waals surface area (Å²) in [6.07, 6.45) is 0.119. The molecule has 1 unspecified atom stereocenters. The topological polar surface area (TPSA) is 159 Å². The maximum absolute atomic E-state index is 13.2. The van der Waals surface area contributed by atoms with Crippen LogP contribution in [0.5, 0.6) is 0 Å². The summed E-state index contributed by atoms with van der Waals surface area (Å²) in [5.74, 6) is -3.67. The molecule has 0 aliphatic heterocycles. The standard InChI is InChI=1S/C29H26ClFN4O6S2/c1-15(28(38)39)32-23(36)11-20-14-43-27(34-20)21-4-2-3-16(25(21)30)7-10-22(29(40)41)35-24(37)12-19-13-42-26(33-19)17-5-8-18(31)9-6-17/h2-6,8-9,13-15,22H,7,10-12H2,1H3,(H,32,36)(H,35,37)(H,38,39)(H,40,41)/t15-,22?/m1/s1. The van der Waals surface area contributed by atoms with Crippen LogP contribution in [-0.2, 0) is 38.4 Å². The van der Waals surface area contributed by atoms with Crippen molar-refractivity contribution in [3.8, 4) is 21.1 Å². The average molecular weight is 645 g/mol. The Hall–Kier alpha value is -4.20. The molecule has 0 bridgehead atoms. The summed E-state index contributed by atoms with van der Waals surface area (Å²) in [7, 11) is 0. The number of aliphatic carboxylic acids is 2. The molecule has 2 heterocycles. The Labute approximate surface area is 258 Å². The number of aromatic nitrogens is 2. The van der Waals surface area contributed by atoms with Crippen molar-refractivity contribution < 1.29 is 33.8 Å². The quantitative estimate of drug-likeness (QED) is 0.164. The summed E-state index contributed by atoms with van der Waals surface area (Å²) in [4.78, 5) is 56.5. The molecule has 14 heteroatoms. The molecule has 4 aromatic rings. The monoisotopic (exact) mass is 644 g/mol. The largest absolute Gasteiger partial charge is 0.480 e. The lowest BCUT2D eigenvalue weighted by atomic mass is 10.0. The van der Waals surface area contributed by atoms with E-state index >= 15 is 0 Å². The molecule has 10 nitrogen and oxygen atoms in total. The van der Waals surface area contributed by atoms with Gasteiger partial charge < -0.3 is 20.8 Å². The van der Waals surface area contributed by atoms with Gasteiger partial charge in [0.25, 0.3) is 0 Å². The second-order valence-electron chi connectivity index (χ2n) is 9.55. The van der Waals surface area contributed by atoms with Gasteiger partial charge in [0.05, 0.1) is 29.3 Å². The molecule has 0 saturated heterocycles. The third-order valence-corrected chi connectivity index (χ3v) is 8.58. The summed E-state index contributed by atoms with van der Waals surface area (Å²) in [5, 5.41) is 28.5. The first-order valence-corrected chi connectivity index (χ1v) is 15.1. The molecular weight excluding hydrogens is 619 g/mol. The van der Waals surface area contributed by atoms with Crippen LogP contribution >= 0.6 is 34.3 Å². The smallest absolute Gasteiger partial charge is 0.326 e. The molecule has 0 aliphatic carbocycles. The van der Waals surface area contributed by atoms with Crippen molar-refractivity contribution in [1.29, 1.82) is 0 Å². The van der Waals surface area contributed by atoms with E-state index in [9.17, 15) is 28.7 Å². The van der Waals surface area contributed by atoms with Crippen LogP contribution in [0.15, 0.2) is 53.2 Å². The maximum atomic E-state index is 13.2. The first-order chi connectivity index (χ1) is 20.5. The Morgan fingerprint density at radius 3 is 2.12 bits per heavy atom. The van der Waals surface area contributed by atoms with Gasteiger partial charge in [-0.15, -0.1) is 22.7 Å². The molecule has 224 valence electrons. The van der Waals surface area contributed by atoms with E-state index in [0.29, 0.717) is 43.1 Å². The second kappa shape index (κ2) is 14.3. The van der Waals surface area contributed by atoms with Crippen molar-refractivity contribution in [3.63, 3.8) is 0 Å². The van der Waals surface area contributed by atoms with Crippen LogP contribution in [0.1, 0.15) is 30.3 Å². The molecule has 2 atom stereocenters. The lowest BCUT2D eigenvalue weighted by molar-refractivity contribution is -0.142. The van der Waals surface area contributed by atoms with E-state index in [4.69, 9.17) is 16.7 Å². The minimum absolute atomic E-state index is 0.0766. The third-order valence-electron chi connectivity index (χ3n) is 6.27. The van der Waals surface area contributed by atoms with Crippen molar-refractivity contribution in [2.45, 2.75) is 44.7 Å². The molecule has 0 spiro atoms. The Morgan fingerprint density at radius 2 is 1.49 bits per heavy atom. The molecule has 0 radical (unpaired) electrons. The van der Waals surface area contributed by atoms with E-state index in [1.165, 1.54) is 41.7 Å². The Balaban J connectivity index is 1.36. The van der Waals surface area contributed by atoms with Crippen molar-refractivity contribution in [3.05, 3.63) is 81.0 Å². The van der Waals surface area contributed by atoms with Gasteiger partial charge in [-0.2, -0.15) is 0 Å². The van der Waals surface area contributed by atoms with Gasteiger partial charge in [-0.3, -0.25) is 14.4 Å². The van der Waals surface area contributed by atoms with Gasteiger partial charge in [0.15, 0.2) is 0 Å². The number of thiazole rings is 2. The second-order valence-corrected chi connectivity index (χ2v) is 11.6. The summed E-state index contributed by atoms with van der Waals surface area (Å²) in [6.45, 7) is 1.37. The highest BCUT2D eigenvalue weighted by atomic mass is 35.5. The Kier molecular flexibility index (Phi) is 10.6. The minimum Gasteiger partial charge on any atom is -0.480 e. The Bertz CT molecular complexity index is 1640. The Morgan fingerprint density at radius 1 is 0.884 bits per heavy atom. The fourth-order valence-electron chi connectivity index (χ4n) is 4.05. The summed E-state index contributed by atoms with van der Waals surface area (Å²) in [6, 6.07) is 8.92. The number of rotatable bonds is 13. The highest BCUT2D eigenvalue weighted by molar-refractivity contribution is 7.13. The molecule has 0 fully saturated rings. The first-order valence-electron chi connectivity index (χ1n) is 13.0. The predicted octanol–water partition coefficient (Wildman–Crippen LogP) is 4.60. The minimum atomic E-state index is -1.19. The first kappa shape index (κ1) is 31.7. The number of aryl methyl sites for hydroxylation is 1. The van der Waals surface area contributed by atoms with Gasteiger partial charge in [-0.05, 0) is 49.6 Å². The van der Waals surface area contributed by atoms with E-state index < -0.39 is 35.8 Å². The number of hydrogen-bond acceptors (Lipinski definition) is 8. The molecule has 2 aromatic heterocycles. The van der Waals surface area contributed by atoms with Gasteiger partial charge >= 0.3 is 11.9 Å². The molecule has 0 saturated carbocycles. The summed E-state index contributed by atoms with van der Waals surface area (Å²) >= 11 is 9.23. The number of carbonyl (C=O) groups excluding carboxylic acids is 2. The van der Waals surface area contributed by atoms with Gasteiger partial charge in [0.1, 0.15) is 27.9 Å². The zero-order chi connectivity index (χ0) is 31.1. The predicted molar refractivity (Wildman–Crippen MR) is 161 cm³/mol. The zero-order valence-corrected chi connectivity index (χ0v) is 25.1. The SMILES string of the molecule is C[C@@H](NC(=O)Cc1csc(-c2cccc(CCC(NC(=O)Cc3csc(-c4ccc(F)cc4)n3)C(=O)O)c2Cl)n1)C(=O)O. The number of carbonyl (C=O) groups is 4. The van der Waals surface area contributed by atoms with Crippen LogP contribution in [0.4, 0.5) is 4.39 Å². The van der Waals surface area contributed by atoms with Crippen LogP contribution in [0.2, 0.25) is 5.02 Å². The van der Waals surface area contributed by atoms with Crippen molar-refractivity contribution >= 4 is 58.0 Å². The average Bonchev–Trinajstić information content (AvgIpc) is 3.61. The number of amides is 2. The van der Waals surface area contributed by atoms with Gasteiger partial charge in [0, 0.05) is 21.9 Å². The summed E-state index contributed by atoms with van der Waals surface area (Å²) < 4.78 is 13.2. The maximum Gasteiger partial charge on any atom is 0.326 e. The highest BCUT2D eigenvalue weighted by Crippen LogP contribution is 2.33. The van der Waals surface area contributed by atoms with Crippen molar-refractivity contribution in [2.24, 2.45) is 0 Å². The van der Waals surface area contributed by atoms with Gasteiger partial charge in [-0.25, -0.2) is 19.2 Å². The number of benzene rings is 2. The molecule has 4 N–H and O–H groups in total. The molecule has 4 rings (SSSR count). The summed E-state index contributed by atoms with van der Waals surface area (Å²) in [5.41, 5.74) is 2.90. The van der Waals surface area contributed by atoms with Gasteiger partial charge in [0.2, 0.25) is 11.8 Å². The van der Waals surface area contributed by atoms with Crippen LogP contribution in [0, 0.1) is 5.82 Å². The number of halogens is 2. The van der Waals surface area contributed by atoms with E-state index in [-0.39, 0.29) is 31.5 Å². The number of nitrogens with zero attached hydrogens (tertiary/aromatic N) is 2. The normalized spacial score (nSPS) is 12.3. The van der Waals surface area contributed by atoms with E-state index in [1.54, 1.807) is 41.1 Å². The fourth-order valence-corrected chi connectivity index (χ4v) is 6.09. The highest BCUT2D eigenvalue weighted by Gasteiger charge is 2.22. The fraction of sp³-hybridized carbons (Fsp3) is 0.241. The molecular formula is C29H26ClFN4O6S2. The number of carboxylic acids is 2. The molecule has 2 aromatic carbocycles. The van der Waals surface area contributed by atoms with Gasteiger partial charge in [-0.1, -0.05) is 29.8 Å². The van der Waals surface area contributed by atoms with E-state index in [2.05, 4.69) is 20.6 Å². The zero-order valence-electron chi connectivity index (χ0n) is 22.7. The number of carboxylic acid groups (broad SMARTS) is 2. The van der Waals surface area contributed by atoms with Crippen LogP contribution in [0.3, 0.4) is 0 Å². The van der Waals surface area contributed by atoms with Crippen LogP contribution in [-0.4, -0.2) is 56.0 Å². The van der Waals surface area contributed by atoms with Crippen molar-refractivity contribution in [1.82, 2.24) is 20.6 Å². The van der Waals surface area contributed by atoms with Crippen LogP contribution in [0.25, 0.3) is 21.1 Å². The lowest BCUT2D eigenvalue weighted by Gasteiger charge is -2.15. The van der Waals surface area contributed by atoms with E-state index in [1.807, 2.05) is 0 Å². The lowest BCUT2D eigenvalue weighted by Crippen LogP contribution is -2.41. The molecule has 43 heavy (non-hydrogen) atoms. The molecule has 0 aliphatic rings. The van der Waals surface area contributed by atoms with E-state index in [0.717, 1.165) is 0 Å². The van der Waals surface area contributed by atoms with Crippen LogP contribution < -0.4 is 10.6 Å².